The van der Waals surface area contributed by atoms with Gasteiger partial charge in [0.25, 0.3) is 6.43 Å². The summed E-state index contributed by atoms with van der Waals surface area (Å²) in [5.41, 5.74) is 0.242. The molecule has 0 amide bonds. The normalized spacial score (nSPS) is 10.8. The summed E-state index contributed by atoms with van der Waals surface area (Å²) in [6, 6.07) is 4.95. The number of ether oxygens (including phenoxy) is 1. The number of nitrogens with one attached hydrogen (secondary N) is 1. The van der Waals surface area contributed by atoms with Crippen LogP contribution in [0.2, 0.25) is 5.02 Å². The maximum atomic E-state index is 12.8. The highest BCUT2D eigenvalue weighted by atomic mass is 35.5. The summed E-state index contributed by atoms with van der Waals surface area (Å²) in [7, 11) is 0. The highest BCUT2D eigenvalue weighted by Gasteiger charge is 2.21. The molecule has 2 rings (SSSR count). The number of alkyl halides is 2. The molecule has 1 N–H and O–H groups in total. The first-order valence-electron chi connectivity index (χ1n) is 6.58. The lowest BCUT2D eigenvalue weighted by atomic mass is 10.1. The van der Waals surface area contributed by atoms with E-state index in [2.05, 4.69) is 9.97 Å². The first kappa shape index (κ1) is 16.3. The third kappa shape index (κ3) is 3.22. The number of hydrogen-bond donors (Lipinski definition) is 1. The Kier molecular flexibility index (Phi) is 5.03. The van der Waals surface area contributed by atoms with E-state index >= 15 is 0 Å². The van der Waals surface area contributed by atoms with Crippen LogP contribution in [0.15, 0.2) is 24.4 Å². The van der Waals surface area contributed by atoms with Gasteiger partial charge in [-0.3, -0.25) is 5.41 Å². The molecule has 116 valence electrons. The van der Waals surface area contributed by atoms with E-state index in [9.17, 15) is 8.78 Å². The third-order valence-corrected chi connectivity index (χ3v) is 3.40. The molecular formula is C15H14ClF2N3O. The van der Waals surface area contributed by atoms with Gasteiger partial charge in [0.2, 0.25) is 5.88 Å². The number of halogens is 3. The van der Waals surface area contributed by atoms with E-state index in [4.69, 9.17) is 21.7 Å². The number of hydrogen-bond acceptors (Lipinski definition) is 4. The van der Waals surface area contributed by atoms with Gasteiger partial charge in [0, 0.05) is 11.2 Å². The zero-order valence-electron chi connectivity index (χ0n) is 12.0. The van der Waals surface area contributed by atoms with Crippen LogP contribution in [0.1, 0.15) is 18.2 Å². The number of pyridine rings is 2. The van der Waals surface area contributed by atoms with E-state index < -0.39 is 12.1 Å². The standard InChI is InChI=1S/C15H14ClF2N3O/c1-3-22-15-9(5-4-6-20-15)11-7-10(16)8(2)13(21-11)12(19)14(17)18/h4-7,14,19H,3H2,1-2H3. The molecular weight excluding hydrogens is 312 g/mol. The third-order valence-electron chi connectivity index (χ3n) is 3.01. The Bertz CT molecular complexity index is 707. The van der Waals surface area contributed by atoms with E-state index in [1.165, 1.54) is 0 Å². The van der Waals surface area contributed by atoms with Crippen molar-refractivity contribution in [1.82, 2.24) is 9.97 Å². The number of aromatic nitrogens is 2. The molecule has 22 heavy (non-hydrogen) atoms. The summed E-state index contributed by atoms with van der Waals surface area (Å²) < 4.78 is 31.0. The van der Waals surface area contributed by atoms with Gasteiger partial charge in [-0.2, -0.15) is 0 Å². The van der Waals surface area contributed by atoms with Gasteiger partial charge in [0.05, 0.1) is 23.6 Å². The molecule has 0 unspecified atom stereocenters. The molecule has 2 aromatic heterocycles. The van der Waals surface area contributed by atoms with Gasteiger partial charge in [-0.05, 0) is 37.6 Å². The predicted octanol–water partition coefficient (Wildman–Crippen LogP) is 4.14. The van der Waals surface area contributed by atoms with Gasteiger partial charge in [-0.25, -0.2) is 18.7 Å². The van der Waals surface area contributed by atoms with Crippen molar-refractivity contribution in [3.63, 3.8) is 0 Å². The fraction of sp³-hybridized carbons (Fsp3) is 0.267. The van der Waals surface area contributed by atoms with Crippen molar-refractivity contribution in [2.45, 2.75) is 20.3 Å². The predicted molar refractivity (Wildman–Crippen MR) is 81.2 cm³/mol. The summed E-state index contributed by atoms with van der Waals surface area (Å²) in [5, 5.41) is 7.76. The molecule has 0 aromatic carbocycles. The Morgan fingerprint density at radius 3 is 2.82 bits per heavy atom. The molecule has 0 aliphatic rings. The molecule has 0 aliphatic carbocycles. The quantitative estimate of drug-likeness (QED) is 0.841. The Hall–Kier alpha value is -2.08. The average Bonchev–Trinajstić information content (AvgIpc) is 2.50. The van der Waals surface area contributed by atoms with Crippen molar-refractivity contribution < 1.29 is 13.5 Å². The summed E-state index contributed by atoms with van der Waals surface area (Å²) in [4.78, 5) is 8.26. The van der Waals surface area contributed by atoms with Crippen LogP contribution in [0.3, 0.4) is 0 Å². The van der Waals surface area contributed by atoms with Crippen molar-refractivity contribution in [2.75, 3.05) is 6.61 Å². The first-order valence-corrected chi connectivity index (χ1v) is 6.95. The van der Waals surface area contributed by atoms with Crippen LogP contribution in [-0.2, 0) is 0 Å². The minimum atomic E-state index is -2.92. The molecule has 0 radical (unpaired) electrons. The van der Waals surface area contributed by atoms with Crippen LogP contribution in [0, 0.1) is 12.3 Å². The minimum Gasteiger partial charge on any atom is -0.477 e. The van der Waals surface area contributed by atoms with Crippen LogP contribution in [-0.4, -0.2) is 28.7 Å². The van der Waals surface area contributed by atoms with Crippen molar-refractivity contribution in [3.05, 3.63) is 40.7 Å². The Morgan fingerprint density at radius 2 is 2.18 bits per heavy atom. The van der Waals surface area contributed by atoms with E-state index in [-0.39, 0.29) is 10.7 Å². The summed E-state index contributed by atoms with van der Waals surface area (Å²) in [6.45, 7) is 3.77. The second kappa shape index (κ2) is 6.79. The molecule has 4 nitrogen and oxygen atoms in total. The second-order valence-electron chi connectivity index (χ2n) is 4.47. The fourth-order valence-corrected chi connectivity index (χ4v) is 2.11. The van der Waals surface area contributed by atoms with Crippen LogP contribution in [0.4, 0.5) is 8.78 Å². The maximum Gasteiger partial charge on any atom is 0.281 e. The smallest absolute Gasteiger partial charge is 0.281 e. The highest BCUT2D eigenvalue weighted by Crippen LogP contribution is 2.31. The van der Waals surface area contributed by atoms with Crippen LogP contribution < -0.4 is 4.74 Å². The van der Waals surface area contributed by atoms with Gasteiger partial charge >= 0.3 is 0 Å². The molecule has 0 fully saturated rings. The fourth-order valence-electron chi connectivity index (χ4n) is 1.92. The number of nitrogens with zero attached hydrogens (tertiary/aromatic N) is 2. The van der Waals surface area contributed by atoms with Gasteiger partial charge in [-0.15, -0.1) is 0 Å². The average molecular weight is 326 g/mol. The van der Waals surface area contributed by atoms with Crippen molar-refractivity contribution in [3.8, 4) is 17.1 Å². The zero-order valence-corrected chi connectivity index (χ0v) is 12.8. The van der Waals surface area contributed by atoms with Gasteiger partial charge in [0.15, 0.2) is 0 Å². The summed E-state index contributed by atoms with van der Waals surface area (Å²) in [6.07, 6.45) is -1.36. The van der Waals surface area contributed by atoms with Crippen molar-refractivity contribution in [1.29, 1.82) is 5.41 Å². The molecule has 0 atom stereocenters. The lowest BCUT2D eigenvalue weighted by molar-refractivity contribution is 0.225. The number of rotatable bonds is 5. The molecule has 0 spiro atoms. The van der Waals surface area contributed by atoms with Gasteiger partial charge < -0.3 is 4.74 Å². The van der Waals surface area contributed by atoms with Crippen molar-refractivity contribution >= 4 is 17.3 Å². The second-order valence-corrected chi connectivity index (χ2v) is 4.87. The SMILES string of the molecule is CCOc1ncccc1-c1cc(Cl)c(C)c(C(=N)C(F)F)n1. The Morgan fingerprint density at radius 1 is 1.45 bits per heavy atom. The van der Waals surface area contributed by atoms with Gasteiger partial charge in [-0.1, -0.05) is 11.6 Å². The molecule has 0 bridgehead atoms. The van der Waals surface area contributed by atoms with Crippen LogP contribution in [0.25, 0.3) is 11.3 Å². The minimum absolute atomic E-state index is 0.121. The van der Waals surface area contributed by atoms with Crippen LogP contribution >= 0.6 is 11.6 Å². The van der Waals surface area contributed by atoms with Crippen LogP contribution in [0.5, 0.6) is 5.88 Å². The zero-order chi connectivity index (χ0) is 16.3. The lowest BCUT2D eigenvalue weighted by Crippen LogP contribution is -2.15. The first-order chi connectivity index (χ1) is 10.5. The topological polar surface area (TPSA) is 58.9 Å². The Labute approximate surface area is 131 Å². The van der Waals surface area contributed by atoms with E-state index in [1.807, 2.05) is 6.92 Å². The molecule has 0 saturated carbocycles. The Balaban J connectivity index is 2.60. The van der Waals surface area contributed by atoms with E-state index in [1.54, 1.807) is 31.3 Å². The highest BCUT2D eigenvalue weighted by molar-refractivity contribution is 6.32. The molecule has 0 aliphatic heterocycles. The van der Waals surface area contributed by atoms with Gasteiger partial charge in [0.1, 0.15) is 5.71 Å². The summed E-state index contributed by atoms with van der Waals surface area (Å²) in [5.74, 6) is 0.340. The van der Waals surface area contributed by atoms with E-state index in [0.29, 0.717) is 29.3 Å². The lowest BCUT2D eigenvalue weighted by Gasteiger charge is -2.13. The largest absolute Gasteiger partial charge is 0.477 e. The summed E-state index contributed by atoms with van der Waals surface area (Å²) >= 11 is 6.10. The monoisotopic (exact) mass is 325 g/mol. The maximum absolute atomic E-state index is 12.8. The van der Waals surface area contributed by atoms with Crippen molar-refractivity contribution in [2.24, 2.45) is 0 Å². The molecule has 7 heteroatoms. The molecule has 2 aromatic rings. The molecule has 2 heterocycles. The van der Waals surface area contributed by atoms with E-state index in [0.717, 1.165) is 0 Å². The molecule has 0 saturated heterocycles.